The van der Waals surface area contributed by atoms with Gasteiger partial charge in [-0.25, -0.2) is 4.79 Å². The first-order valence-corrected chi connectivity index (χ1v) is 10.6. The van der Waals surface area contributed by atoms with E-state index in [-0.39, 0.29) is 23.9 Å². The fourth-order valence-corrected chi connectivity index (χ4v) is 3.85. The van der Waals surface area contributed by atoms with Gasteiger partial charge in [-0.15, -0.1) is 0 Å². The highest BCUT2D eigenvalue weighted by Gasteiger charge is 2.22. The highest BCUT2D eigenvalue weighted by molar-refractivity contribution is 8.77. The van der Waals surface area contributed by atoms with Crippen molar-refractivity contribution in [2.75, 3.05) is 25.4 Å². The van der Waals surface area contributed by atoms with Crippen LogP contribution in [0.5, 0.6) is 0 Å². The fraction of sp³-hybridized carbons (Fsp3) is 0.824. The Morgan fingerprint density at radius 2 is 1.76 bits per heavy atom. The van der Waals surface area contributed by atoms with Crippen molar-refractivity contribution in [3.63, 3.8) is 0 Å². The summed E-state index contributed by atoms with van der Waals surface area (Å²) in [6, 6.07) is 1.76. The van der Waals surface area contributed by atoms with Crippen LogP contribution in [0.25, 0.3) is 0 Å². The third-order valence-corrected chi connectivity index (χ3v) is 5.83. The zero-order valence-electron chi connectivity index (χ0n) is 16.1. The van der Waals surface area contributed by atoms with Crippen molar-refractivity contribution in [3.05, 3.63) is 0 Å². The molecule has 25 heavy (non-hydrogen) atoms. The molecular formula is C17H30N2O4S2. The summed E-state index contributed by atoms with van der Waals surface area (Å²) < 4.78 is 10.3. The zero-order valence-corrected chi connectivity index (χ0v) is 17.7. The van der Waals surface area contributed by atoms with E-state index in [1.54, 1.807) is 32.6 Å². The number of esters is 1. The van der Waals surface area contributed by atoms with Gasteiger partial charge < -0.3 is 14.4 Å². The summed E-state index contributed by atoms with van der Waals surface area (Å²) in [7, 11) is 3.49. The lowest BCUT2D eigenvalue weighted by atomic mass is 10.2. The molecule has 0 aromatic rings. The monoisotopic (exact) mass is 390 g/mol. The van der Waals surface area contributed by atoms with E-state index in [0.29, 0.717) is 19.5 Å². The van der Waals surface area contributed by atoms with E-state index < -0.39 is 11.6 Å². The van der Waals surface area contributed by atoms with Gasteiger partial charge in [0.25, 0.3) is 0 Å². The minimum Gasteiger partial charge on any atom is -0.450 e. The van der Waals surface area contributed by atoms with E-state index in [9.17, 15) is 9.59 Å². The smallest absolute Gasteiger partial charge is 0.410 e. The Hall–Kier alpha value is -1.07. The molecule has 0 saturated heterocycles. The highest BCUT2D eigenvalue weighted by Crippen LogP contribution is 2.34. The average molecular weight is 391 g/mol. The van der Waals surface area contributed by atoms with Crippen molar-refractivity contribution in [1.82, 2.24) is 4.90 Å². The maximum absolute atomic E-state index is 12.3. The molecule has 0 fully saturated rings. The molecular weight excluding hydrogens is 360 g/mol. The lowest BCUT2D eigenvalue weighted by Gasteiger charge is -2.27. The minimum absolute atomic E-state index is 0.159. The summed E-state index contributed by atoms with van der Waals surface area (Å²) in [6.07, 6.45) is 0.269. The van der Waals surface area contributed by atoms with Crippen molar-refractivity contribution in [3.8, 4) is 6.07 Å². The molecule has 144 valence electrons. The Morgan fingerprint density at radius 1 is 1.12 bits per heavy atom. The number of nitriles is 1. The SMILES string of the molecule is CC(C)(C)OC(=O)N(CCCC(=O)OCC#N)CCSSC(C)(C)C. The first kappa shape index (κ1) is 23.9. The summed E-state index contributed by atoms with van der Waals surface area (Å²) in [5, 5.41) is 8.39. The minimum atomic E-state index is -0.561. The molecule has 0 aromatic heterocycles. The predicted molar refractivity (Wildman–Crippen MR) is 103 cm³/mol. The Balaban J connectivity index is 4.45. The van der Waals surface area contributed by atoms with Crippen molar-refractivity contribution < 1.29 is 19.1 Å². The Kier molecular flexibility index (Phi) is 11.0. The molecule has 0 heterocycles. The summed E-state index contributed by atoms with van der Waals surface area (Å²) in [5.41, 5.74) is -0.561. The normalized spacial score (nSPS) is 11.6. The van der Waals surface area contributed by atoms with E-state index in [1.807, 2.05) is 20.8 Å². The fourth-order valence-electron chi connectivity index (χ4n) is 1.59. The highest BCUT2D eigenvalue weighted by atomic mass is 33.1. The topological polar surface area (TPSA) is 79.6 Å². The van der Waals surface area contributed by atoms with E-state index in [0.717, 1.165) is 5.75 Å². The van der Waals surface area contributed by atoms with Crippen molar-refractivity contribution in [2.24, 2.45) is 0 Å². The van der Waals surface area contributed by atoms with Crippen LogP contribution in [0.1, 0.15) is 54.4 Å². The van der Waals surface area contributed by atoms with Crippen molar-refractivity contribution >= 4 is 33.7 Å². The second-order valence-corrected chi connectivity index (χ2v) is 10.6. The van der Waals surface area contributed by atoms with Gasteiger partial charge in [0, 0.05) is 30.0 Å². The van der Waals surface area contributed by atoms with Gasteiger partial charge in [0.2, 0.25) is 0 Å². The van der Waals surface area contributed by atoms with Gasteiger partial charge >= 0.3 is 12.1 Å². The predicted octanol–water partition coefficient (Wildman–Crippen LogP) is 4.25. The summed E-state index contributed by atoms with van der Waals surface area (Å²) in [6.45, 7) is 12.6. The van der Waals surface area contributed by atoms with Gasteiger partial charge in [0.1, 0.15) is 11.7 Å². The van der Waals surface area contributed by atoms with E-state index >= 15 is 0 Å². The standard InChI is InChI=1S/C17H30N2O4S2/c1-16(2,3)23-15(21)19(11-13-24-25-17(4,5)6)10-7-8-14(20)22-12-9-18/h7-8,10-13H2,1-6H3. The Labute approximate surface area is 159 Å². The van der Waals surface area contributed by atoms with E-state index in [4.69, 9.17) is 14.7 Å². The summed E-state index contributed by atoms with van der Waals surface area (Å²) in [4.78, 5) is 25.4. The molecule has 8 heteroatoms. The number of ether oxygens (including phenoxy) is 2. The van der Waals surface area contributed by atoms with Crippen LogP contribution >= 0.6 is 21.6 Å². The molecule has 6 nitrogen and oxygen atoms in total. The molecule has 0 rings (SSSR count). The van der Waals surface area contributed by atoms with Gasteiger partial charge in [-0.1, -0.05) is 42.4 Å². The van der Waals surface area contributed by atoms with Crippen LogP contribution in [-0.2, 0) is 14.3 Å². The first-order valence-electron chi connectivity index (χ1n) is 8.26. The number of hydrogen-bond acceptors (Lipinski definition) is 7. The number of rotatable bonds is 9. The molecule has 1 amide bonds. The Bertz CT molecular complexity index is 465. The summed E-state index contributed by atoms with van der Waals surface area (Å²) >= 11 is 0. The molecule has 0 aromatic carbocycles. The van der Waals surface area contributed by atoms with Crippen LogP contribution in [-0.4, -0.2) is 52.8 Å². The number of hydrogen-bond donors (Lipinski definition) is 0. The van der Waals surface area contributed by atoms with Gasteiger partial charge in [-0.2, -0.15) is 5.26 Å². The number of carbonyl (C=O) groups excluding carboxylic acids is 2. The van der Waals surface area contributed by atoms with E-state index in [2.05, 4.69) is 20.8 Å². The average Bonchev–Trinajstić information content (AvgIpc) is 2.44. The molecule has 0 N–H and O–H groups in total. The van der Waals surface area contributed by atoms with Crippen LogP contribution in [0, 0.1) is 11.3 Å². The van der Waals surface area contributed by atoms with Crippen molar-refractivity contribution in [2.45, 2.75) is 64.7 Å². The second-order valence-electron chi connectivity index (χ2n) is 7.41. The largest absolute Gasteiger partial charge is 0.450 e. The number of amides is 1. The first-order chi connectivity index (χ1) is 11.4. The molecule has 0 unspecified atom stereocenters. The van der Waals surface area contributed by atoms with Crippen LogP contribution in [0.2, 0.25) is 0 Å². The zero-order chi connectivity index (χ0) is 19.5. The van der Waals surface area contributed by atoms with Gasteiger partial charge in [0.05, 0.1) is 0 Å². The quantitative estimate of drug-likeness (QED) is 0.331. The number of carbonyl (C=O) groups is 2. The van der Waals surface area contributed by atoms with Crippen LogP contribution < -0.4 is 0 Å². The lowest BCUT2D eigenvalue weighted by molar-refractivity contribution is -0.142. The van der Waals surface area contributed by atoms with Crippen molar-refractivity contribution in [1.29, 1.82) is 5.26 Å². The molecule has 0 aliphatic heterocycles. The van der Waals surface area contributed by atoms with Crippen LogP contribution in [0.15, 0.2) is 0 Å². The maximum Gasteiger partial charge on any atom is 0.410 e. The maximum atomic E-state index is 12.3. The molecule has 0 spiro atoms. The Morgan fingerprint density at radius 3 is 2.28 bits per heavy atom. The molecule has 0 aliphatic carbocycles. The third kappa shape index (κ3) is 14.9. The molecule has 0 saturated carbocycles. The molecule has 0 aliphatic rings. The third-order valence-electron chi connectivity index (χ3n) is 2.51. The number of nitrogens with zero attached hydrogens (tertiary/aromatic N) is 2. The lowest BCUT2D eigenvalue weighted by Crippen LogP contribution is -2.38. The van der Waals surface area contributed by atoms with Crippen LogP contribution in [0.3, 0.4) is 0 Å². The molecule has 0 radical (unpaired) electrons. The van der Waals surface area contributed by atoms with Gasteiger partial charge in [0.15, 0.2) is 6.61 Å². The van der Waals surface area contributed by atoms with Gasteiger partial charge in [-0.05, 0) is 27.2 Å². The second kappa shape index (κ2) is 11.5. The van der Waals surface area contributed by atoms with Crippen LogP contribution in [0.4, 0.5) is 4.79 Å². The molecule has 0 bridgehead atoms. The molecule has 0 atom stereocenters. The van der Waals surface area contributed by atoms with E-state index in [1.165, 1.54) is 0 Å². The summed E-state index contributed by atoms with van der Waals surface area (Å²) in [5.74, 6) is 0.350. The van der Waals surface area contributed by atoms with Gasteiger partial charge in [-0.3, -0.25) is 4.79 Å².